The zero-order chi connectivity index (χ0) is 13.5. The van der Waals surface area contributed by atoms with E-state index in [0.29, 0.717) is 6.42 Å². The van der Waals surface area contributed by atoms with Crippen molar-refractivity contribution in [2.75, 3.05) is 13.7 Å². The van der Waals surface area contributed by atoms with Crippen molar-refractivity contribution in [2.45, 2.75) is 12.8 Å². The largest absolute Gasteiger partial charge is 0.477 e. The summed E-state index contributed by atoms with van der Waals surface area (Å²) in [6, 6.07) is 0. The maximum atomic E-state index is 11.6. The molecule has 0 unspecified atom stereocenters. The second-order valence-corrected chi connectivity index (χ2v) is 3.37. The number of carbonyl (C=O) groups excluding carboxylic acids is 2. The van der Waals surface area contributed by atoms with Crippen LogP contribution in [0.4, 0.5) is 0 Å². The highest BCUT2D eigenvalue weighted by atomic mass is 16.5. The molecule has 8 nitrogen and oxygen atoms in total. The number of esters is 1. The number of amides is 1. The zero-order valence-electron chi connectivity index (χ0n) is 9.73. The lowest BCUT2D eigenvalue weighted by Crippen LogP contribution is -2.27. The first kappa shape index (κ1) is 13.7. The second kappa shape index (κ2) is 6.38. The van der Waals surface area contributed by atoms with Gasteiger partial charge in [-0.1, -0.05) is 0 Å². The highest BCUT2D eigenvalue weighted by molar-refractivity contribution is 6.02. The van der Waals surface area contributed by atoms with Crippen LogP contribution in [0, 0.1) is 0 Å². The topological polar surface area (TPSA) is 121 Å². The number of rotatable bonds is 6. The van der Waals surface area contributed by atoms with Gasteiger partial charge in [0.2, 0.25) is 0 Å². The predicted molar refractivity (Wildman–Crippen MR) is 59.1 cm³/mol. The normalized spacial score (nSPS) is 9.83. The van der Waals surface area contributed by atoms with Crippen molar-refractivity contribution in [2.24, 2.45) is 0 Å². The number of hydrogen-bond donors (Lipinski definition) is 3. The zero-order valence-corrected chi connectivity index (χ0v) is 9.73. The molecule has 0 aliphatic rings. The minimum absolute atomic E-state index is 0.180. The van der Waals surface area contributed by atoms with E-state index >= 15 is 0 Å². The number of aromatic nitrogens is 2. The summed E-state index contributed by atoms with van der Waals surface area (Å²) in [6.45, 7) is 0.236. The summed E-state index contributed by atoms with van der Waals surface area (Å²) >= 11 is 0. The van der Waals surface area contributed by atoms with Crippen LogP contribution in [0.1, 0.15) is 33.8 Å². The molecule has 0 bridgehead atoms. The SMILES string of the molecule is COC(=O)CCCNC(=O)c1nc[nH]c1C(=O)O. The van der Waals surface area contributed by atoms with E-state index in [0.717, 1.165) is 6.33 Å². The third-order valence-corrected chi connectivity index (χ3v) is 2.14. The summed E-state index contributed by atoms with van der Waals surface area (Å²) in [5.41, 5.74) is -0.443. The number of nitrogens with zero attached hydrogens (tertiary/aromatic N) is 1. The third kappa shape index (κ3) is 3.58. The molecule has 0 spiro atoms. The van der Waals surface area contributed by atoms with Crippen LogP contribution >= 0.6 is 0 Å². The van der Waals surface area contributed by atoms with Crippen LogP contribution in [0.3, 0.4) is 0 Å². The van der Waals surface area contributed by atoms with Crippen LogP contribution in [0.25, 0.3) is 0 Å². The molecule has 0 radical (unpaired) electrons. The first-order valence-corrected chi connectivity index (χ1v) is 5.18. The van der Waals surface area contributed by atoms with Crippen LogP contribution in [0.5, 0.6) is 0 Å². The maximum Gasteiger partial charge on any atom is 0.354 e. The number of imidazole rings is 1. The van der Waals surface area contributed by atoms with Crippen molar-refractivity contribution < 1.29 is 24.2 Å². The lowest BCUT2D eigenvalue weighted by molar-refractivity contribution is -0.140. The number of methoxy groups -OCH3 is 1. The Balaban J connectivity index is 2.43. The van der Waals surface area contributed by atoms with E-state index in [2.05, 4.69) is 20.0 Å². The molecule has 1 aromatic heterocycles. The van der Waals surface area contributed by atoms with Crippen molar-refractivity contribution >= 4 is 17.8 Å². The fraction of sp³-hybridized carbons (Fsp3) is 0.400. The van der Waals surface area contributed by atoms with Gasteiger partial charge in [-0.2, -0.15) is 0 Å². The smallest absolute Gasteiger partial charge is 0.354 e. The van der Waals surface area contributed by atoms with Crippen LogP contribution in [-0.2, 0) is 9.53 Å². The Hall–Kier alpha value is -2.38. The van der Waals surface area contributed by atoms with Gasteiger partial charge in [0.1, 0.15) is 0 Å². The molecule has 18 heavy (non-hydrogen) atoms. The number of carboxylic acid groups (broad SMARTS) is 1. The maximum absolute atomic E-state index is 11.6. The van der Waals surface area contributed by atoms with Gasteiger partial charge in [0.05, 0.1) is 13.4 Å². The van der Waals surface area contributed by atoms with Crippen molar-refractivity contribution in [1.29, 1.82) is 0 Å². The van der Waals surface area contributed by atoms with Gasteiger partial charge in [-0.15, -0.1) is 0 Å². The molecule has 0 atom stereocenters. The molecule has 1 rings (SSSR count). The van der Waals surface area contributed by atoms with Crippen LogP contribution in [0.15, 0.2) is 6.33 Å². The van der Waals surface area contributed by atoms with Crippen LogP contribution in [0.2, 0.25) is 0 Å². The minimum atomic E-state index is -1.26. The number of carboxylic acids is 1. The number of hydrogen-bond acceptors (Lipinski definition) is 5. The summed E-state index contributed by atoms with van der Waals surface area (Å²) in [7, 11) is 1.28. The molecule has 3 N–H and O–H groups in total. The summed E-state index contributed by atoms with van der Waals surface area (Å²) in [6.07, 6.45) is 1.72. The van der Waals surface area contributed by atoms with E-state index in [1.165, 1.54) is 7.11 Å². The van der Waals surface area contributed by atoms with Gasteiger partial charge in [-0.3, -0.25) is 9.59 Å². The average molecular weight is 255 g/mol. The second-order valence-electron chi connectivity index (χ2n) is 3.37. The van der Waals surface area contributed by atoms with E-state index < -0.39 is 11.9 Å². The van der Waals surface area contributed by atoms with Crippen LogP contribution in [-0.4, -0.2) is 46.6 Å². The van der Waals surface area contributed by atoms with E-state index in [1.54, 1.807) is 0 Å². The van der Waals surface area contributed by atoms with Gasteiger partial charge in [-0.05, 0) is 6.42 Å². The molecule has 1 heterocycles. The Morgan fingerprint density at radius 1 is 1.50 bits per heavy atom. The lowest BCUT2D eigenvalue weighted by Gasteiger charge is -2.03. The summed E-state index contributed by atoms with van der Waals surface area (Å²) < 4.78 is 4.43. The first-order valence-electron chi connectivity index (χ1n) is 5.18. The number of H-pyrrole nitrogens is 1. The summed E-state index contributed by atoms with van der Waals surface area (Å²) in [5, 5.41) is 11.2. The molecule has 0 saturated carbocycles. The molecular formula is C10H13N3O5. The molecule has 0 aromatic carbocycles. The van der Waals surface area contributed by atoms with Crippen molar-refractivity contribution in [3.05, 3.63) is 17.7 Å². The fourth-order valence-electron chi connectivity index (χ4n) is 1.25. The van der Waals surface area contributed by atoms with Gasteiger partial charge >= 0.3 is 11.9 Å². The van der Waals surface area contributed by atoms with E-state index in [4.69, 9.17) is 5.11 Å². The van der Waals surface area contributed by atoms with Gasteiger partial charge in [-0.25, -0.2) is 9.78 Å². The Morgan fingerprint density at radius 2 is 2.22 bits per heavy atom. The van der Waals surface area contributed by atoms with Crippen molar-refractivity contribution in [1.82, 2.24) is 15.3 Å². The third-order valence-electron chi connectivity index (χ3n) is 2.14. The lowest BCUT2D eigenvalue weighted by atomic mass is 10.3. The molecular weight excluding hydrogens is 242 g/mol. The molecule has 0 saturated heterocycles. The standard InChI is InChI=1S/C10H13N3O5/c1-18-6(14)3-2-4-11-9(15)7-8(10(16)17)13-5-12-7/h5H,2-4H2,1H3,(H,11,15)(H,12,13)(H,16,17). The van der Waals surface area contributed by atoms with Gasteiger partial charge < -0.3 is 20.1 Å². The van der Waals surface area contributed by atoms with Crippen molar-refractivity contribution in [3.63, 3.8) is 0 Å². The molecule has 1 aromatic rings. The van der Waals surface area contributed by atoms with Gasteiger partial charge in [0, 0.05) is 13.0 Å². The number of carbonyl (C=O) groups is 3. The average Bonchev–Trinajstić information content (AvgIpc) is 2.83. The Kier molecular flexibility index (Phi) is 4.85. The predicted octanol–water partition coefficient (Wildman–Crippen LogP) is -0.209. The van der Waals surface area contributed by atoms with Crippen LogP contribution < -0.4 is 5.32 Å². The Labute approximate surface area is 102 Å². The van der Waals surface area contributed by atoms with Gasteiger partial charge in [0.25, 0.3) is 5.91 Å². The quantitative estimate of drug-likeness (QED) is 0.477. The molecule has 98 valence electrons. The minimum Gasteiger partial charge on any atom is -0.477 e. The molecule has 8 heteroatoms. The monoisotopic (exact) mass is 255 g/mol. The summed E-state index contributed by atoms with van der Waals surface area (Å²) in [4.78, 5) is 39.1. The molecule has 1 amide bonds. The number of aromatic carboxylic acids is 1. The number of aromatic amines is 1. The first-order chi connectivity index (χ1) is 8.56. The van der Waals surface area contributed by atoms with E-state index in [9.17, 15) is 14.4 Å². The highest BCUT2D eigenvalue weighted by Crippen LogP contribution is 2.02. The van der Waals surface area contributed by atoms with Crippen molar-refractivity contribution in [3.8, 4) is 0 Å². The van der Waals surface area contributed by atoms with E-state index in [-0.39, 0.29) is 30.3 Å². The highest BCUT2D eigenvalue weighted by Gasteiger charge is 2.19. The Morgan fingerprint density at radius 3 is 2.83 bits per heavy atom. The molecule has 0 fully saturated rings. The fourth-order valence-corrected chi connectivity index (χ4v) is 1.25. The Bertz CT molecular complexity index is 454. The van der Waals surface area contributed by atoms with Gasteiger partial charge in [0.15, 0.2) is 11.4 Å². The summed E-state index contributed by atoms with van der Waals surface area (Å²) in [5.74, 6) is -2.22. The van der Waals surface area contributed by atoms with E-state index in [1.807, 2.05) is 0 Å². The number of ether oxygens (including phenoxy) is 1. The number of nitrogens with one attached hydrogen (secondary N) is 2. The molecule has 0 aliphatic heterocycles. The molecule has 0 aliphatic carbocycles.